The first-order chi connectivity index (χ1) is 18.3. The highest BCUT2D eigenvalue weighted by Crippen LogP contribution is 2.35. The molecule has 1 unspecified atom stereocenters. The van der Waals surface area contributed by atoms with E-state index in [1.54, 1.807) is 13.0 Å². The van der Waals surface area contributed by atoms with Crippen LogP contribution in [0.25, 0.3) is 11.3 Å². The number of anilines is 1. The Hall–Kier alpha value is -2.92. The SMILES string of the molecule is CCCCCC(CC)Nc1nnc2c(c1CN)CCCOCc1cc(OC(F)(F)F)ccc1-2.CCOC=O. The van der Waals surface area contributed by atoms with Crippen LogP contribution in [0.15, 0.2) is 18.2 Å². The van der Waals surface area contributed by atoms with Gasteiger partial charge in [-0.15, -0.1) is 23.4 Å². The number of nitrogens with zero attached hydrogens (tertiary/aromatic N) is 2. The van der Waals surface area contributed by atoms with E-state index < -0.39 is 6.36 Å². The third kappa shape index (κ3) is 9.75. The average molecular weight is 541 g/mol. The highest BCUT2D eigenvalue weighted by molar-refractivity contribution is 5.71. The molecule has 2 heterocycles. The van der Waals surface area contributed by atoms with E-state index in [0.29, 0.717) is 48.7 Å². The number of alkyl halides is 3. The Morgan fingerprint density at radius 2 is 2.00 bits per heavy atom. The second-order valence-corrected chi connectivity index (χ2v) is 8.88. The van der Waals surface area contributed by atoms with Crippen LogP contribution < -0.4 is 15.8 Å². The zero-order chi connectivity index (χ0) is 28.0. The lowest BCUT2D eigenvalue weighted by Crippen LogP contribution is -2.22. The molecule has 0 saturated heterocycles. The minimum atomic E-state index is -4.76. The lowest BCUT2D eigenvalue weighted by Gasteiger charge is -2.22. The predicted octanol–water partition coefficient (Wildman–Crippen LogP) is 5.91. The normalized spacial score (nSPS) is 13.9. The van der Waals surface area contributed by atoms with Crippen LogP contribution in [0.4, 0.5) is 19.0 Å². The van der Waals surface area contributed by atoms with Crippen molar-refractivity contribution in [3.63, 3.8) is 0 Å². The van der Waals surface area contributed by atoms with Crippen molar-refractivity contribution < 1.29 is 32.2 Å². The van der Waals surface area contributed by atoms with Crippen molar-refractivity contribution in [1.82, 2.24) is 10.2 Å². The molecule has 2 aromatic rings. The van der Waals surface area contributed by atoms with E-state index in [4.69, 9.17) is 10.5 Å². The summed E-state index contributed by atoms with van der Waals surface area (Å²) in [6.07, 6.45) is 2.19. The molecule has 1 atom stereocenters. The first-order valence-corrected chi connectivity index (χ1v) is 13.1. The van der Waals surface area contributed by atoms with E-state index in [2.05, 4.69) is 38.8 Å². The van der Waals surface area contributed by atoms with Gasteiger partial charge in [0.05, 0.1) is 18.9 Å². The number of hydrogen-bond donors (Lipinski definition) is 2. The van der Waals surface area contributed by atoms with Gasteiger partial charge in [-0.2, -0.15) is 0 Å². The van der Waals surface area contributed by atoms with Crippen molar-refractivity contribution in [2.75, 3.05) is 18.5 Å². The van der Waals surface area contributed by atoms with E-state index in [1.165, 1.54) is 25.0 Å². The number of ether oxygens (including phenoxy) is 3. The molecule has 0 fully saturated rings. The van der Waals surface area contributed by atoms with E-state index >= 15 is 0 Å². The lowest BCUT2D eigenvalue weighted by atomic mass is 9.95. The predicted molar refractivity (Wildman–Crippen MR) is 140 cm³/mol. The second-order valence-electron chi connectivity index (χ2n) is 8.88. The maximum absolute atomic E-state index is 12.7. The number of carbonyl (C=O) groups is 1. The van der Waals surface area contributed by atoms with Crippen molar-refractivity contribution in [1.29, 1.82) is 0 Å². The number of nitrogens with one attached hydrogen (secondary N) is 1. The number of nitrogens with two attached hydrogens (primary N) is 1. The summed E-state index contributed by atoms with van der Waals surface area (Å²) in [5, 5.41) is 12.5. The summed E-state index contributed by atoms with van der Waals surface area (Å²) in [4.78, 5) is 9.18. The Bertz CT molecular complexity index is 1010. The molecule has 0 bridgehead atoms. The van der Waals surface area contributed by atoms with Crippen LogP contribution in [0.5, 0.6) is 5.75 Å². The topological polar surface area (TPSA) is 109 Å². The van der Waals surface area contributed by atoms with Gasteiger partial charge < -0.3 is 25.3 Å². The zero-order valence-corrected chi connectivity index (χ0v) is 22.4. The van der Waals surface area contributed by atoms with Crippen molar-refractivity contribution in [3.05, 3.63) is 34.9 Å². The van der Waals surface area contributed by atoms with Gasteiger partial charge in [0.25, 0.3) is 6.47 Å². The summed E-state index contributed by atoms with van der Waals surface area (Å²) in [6, 6.07) is 4.52. The highest BCUT2D eigenvalue weighted by atomic mass is 19.4. The molecule has 0 amide bonds. The molecule has 3 rings (SSSR count). The average Bonchev–Trinajstić information content (AvgIpc) is 2.96. The number of aromatic nitrogens is 2. The van der Waals surface area contributed by atoms with E-state index in [0.717, 1.165) is 36.8 Å². The molecule has 1 aliphatic heterocycles. The molecule has 38 heavy (non-hydrogen) atoms. The Morgan fingerprint density at radius 1 is 1.21 bits per heavy atom. The Balaban J connectivity index is 0.000000926. The van der Waals surface area contributed by atoms with Gasteiger partial charge in [0, 0.05) is 30.3 Å². The molecular formula is C27H39F3N4O4. The fourth-order valence-electron chi connectivity index (χ4n) is 4.26. The summed E-state index contributed by atoms with van der Waals surface area (Å²) < 4.78 is 52.1. The summed E-state index contributed by atoms with van der Waals surface area (Å²) in [5.41, 5.74) is 9.94. The van der Waals surface area contributed by atoms with Crippen LogP contribution in [0.3, 0.4) is 0 Å². The second kappa shape index (κ2) is 16.1. The Morgan fingerprint density at radius 3 is 2.61 bits per heavy atom. The number of unbranched alkanes of at least 4 members (excludes halogenated alkanes) is 2. The van der Waals surface area contributed by atoms with Gasteiger partial charge in [-0.3, -0.25) is 4.79 Å². The van der Waals surface area contributed by atoms with Gasteiger partial charge in [-0.25, -0.2) is 0 Å². The monoisotopic (exact) mass is 540 g/mol. The molecule has 3 N–H and O–H groups in total. The third-order valence-electron chi connectivity index (χ3n) is 6.15. The fourth-order valence-corrected chi connectivity index (χ4v) is 4.26. The summed E-state index contributed by atoms with van der Waals surface area (Å²) >= 11 is 0. The smallest absolute Gasteiger partial charge is 0.468 e. The zero-order valence-electron chi connectivity index (χ0n) is 22.4. The number of carbonyl (C=O) groups excluding carboxylic acids is 1. The number of halogens is 3. The molecule has 1 aromatic heterocycles. The molecule has 11 heteroatoms. The summed E-state index contributed by atoms with van der Waals surface area (Å²) in [6.45, 7) is 7.93. The van der Waals surface area contributed by atoms with Crippen LogP contribution in [-0.2, 0) is 33.8 Å². The van der Waals surface area contributed by atoms with Gasteiger partial charge in [0.1, 0.15) is 5.75 Å². The number of fused-ring (bicyclic) bond motifs is 3. The molecule has 1 aromatic carbocycles. The van der Waals surface area contributed by atoms with Crippen LogP contribution in [0, 0.1) is 0 Å². The van der Waals surface area contributed by atoms with Gasteiger partial charge in [-0.1, -0.05) is 33.1 Å². The molecule has 0 spiro atoms. The Kier molecular flexibility index (Phi) is 13.3. The van der Waals surface area contributed by atoms with E-state index in [-0.39, 0.29) is 24.9 Å². The first-order valence-electron chi connectivity index (χ1n) is 13.1. The van der Waals surface area contributed by atoms with Crippen molar-refractivity contribution in [2.45, 2.75) is 91.3 Å². The van der Waals surface area contributed by atoms with E-state index in [1.807, 2.05) is 0 Å². The standard InChI is InChI=1S/C24H33F3N4O2.C3H6O2/c1-3-5-6-8-17(4-2)29-23-21(14-28)20-9-7-12-32-15-16-13-18(33-24(25,26)27)10-11-19(16)22(20)30-31-23;1-2-5-3-4/h10-11,13,17H,3-9,12,14-15,28H2,1-2H3,(H,29,31);3H,2H2,1H3. The molecule has 0 radical (unpaired) electrons. The van der Waals surface area contributed by atoms with E-state index in [9.17, 15) is 18.0 Å². The Labute approximate surface area is 222 Å². The maximum Gasteiger partial charge on any atom is 0.573 e. The fraction of sp³-hybridized carbons (Fsp3) is 0.593. The van der Waals surface area contributed by atoms with Crippen LogP contribution in [0.1, 0.15) is 76.0 Å². The van der Waals surface area contributed by atoms with Crippen LogP contribution >= 0.6 is 0 Å². The van der Waals surface area contributed by atoms with Gasteiger partial charge in [-0.05, 0) is 61.9 Å². The molecule has 212 valence electrons. The molecule has 0 aliphatic carbocycles. The number of benzene rings is 1. The lowest BCUT2D eigenvalue weighted by molar-refractivity contribution is -0.274. The maximum atomic E-state index is 12.7. The first kappa shape index (κ1) is 31.3. The minimum Gasteiger partial charge on any atom is -0.468 e. The molecule has 8 nitrogen and oxygen atoms in total. The highest BCUT2D eigenvalue weighted by Gasteiger charge is 2.31. The van der Waals surface area contributed by atoms with Crippen molar-refractivity contribution in [2.24, 2.45) is 5.73 Å². The quantitative estimate of drug-likeness (QED) is 0.267. The summed E-state index contributed by atoms with van der Waals surface area (Å²) in [5.74, 6) is 0.409. The third-order valence-corrected chi connectivity index (χ3v) is 6.15. The van der Waals surface area contributed by atoms with Crippen LogP contribution in [-0.4, -0.2) is 42.3 Å². The number of rotatable bonds is 11. The molecular weight excluding hydrogens is 501 g/mol. The largest absolute Gasteiger partial charge is 0.573 e. The minimum absolute atomic E-state index is 0.165. The summed E-state index contributed by atoms with van der Waals surface area (Å²) in [7, 11) is 0. The van der Waals surface area contributed by atoms with Crippen molar-refractivity contribution >= 4 is 12.3 Å². The van der Waals surface area contributed by atoms with Crippen LogP contribution in [0.2, 0.25) is 0 Å². The van der Waals surface area contributed by atoms with Gasteiger partial charge >= 0.3 is 6.36 Å². The molecule has 0 saturated carbocycles. The molecule has 1 aliphatic rings. The van der Waals surface area contributed by atoms with Gasteiger partial charge in [0.15, 0.2) is 5.82 Å². The van der Waals surface area contributed by atoms with Crippen molar-refractivity contribution in [3.8, 4) is 17.0 Å². The van der Waals surface area contributed by atoms with Gasteiger partial charge in [0.2, 0.25) is 0 Å². The number of hydrogen-bond acceptors (Lipinski definition) is 8.